The summed E-state index contributed by atoms with van der Waals surface area (Å²) in [5, 5.41) is 0. The number of amidine groups is 1. The Kier molecular flexibility index (Phi) is 2.58. The molecule has 0 spiro atoms. The van der Waals surface area contributed by atoms with Crippen molar-refractivity contribution in [3.8, 4) is 5.75 Å². The highest BCUT2D eigenvalue weighted by Gasteiger charge is 2.27. The topological polar surface area (TPSA) is 91.9 Å². The summed E-state index contributed by atoms with van der Waals surface area (Å²) in [7, 11) is 0. The molecular weight excluding hydrogens is 242 g/mol. The van der Waals surface area contributed by atoms with Crippen LogP contribution in [-0.2, 0) is 16.3 Å². The van der Waals surface area contributed by atoms with Gasteiger partial charge in [-0.25, -0.2) is 0 Å². The quantitative estimate of drug-likeness (QED) is 0.733. The zero-order valence-corrected chi connectivity index (χ0v) is 9.70. The maximum atomic E-state index is 11.3. The Bertz CT molecular complexity index is 476. The number of anilines is 1. The molecule has 0 radical (unpaired) electrons. The number of nitrogens with two attached hydrogens (primary N) is 1. The van der Waals surface area contributed by atoms with E-state index in [0.717, 1.165) is 0 Å². The van der Waals surface area contributed by atoms with Crippen LogP contribution in [0.5, 0.6) is 5.75 Å². The number of nitrogens with one attached hydrogen (secondary N) is 1. The van der Waals surface area contributed by atoms with Gasteiger partial charge in [0, 0.05) is 0 Å². The zero-order chi connectivity index (χ0) is 11.8. The summed E-state index contributed by atoms with van der Waals surface area (Å²) in [6, 6.07) is 5.42. The Morgan fingerprint density at radius 2 is 2.35 bits per heavy atom. The van der Waals surface area contributed by atoms with Gasteiger partial charge in [-0.3, -0.25) is 0 Å². The van der Waals surface area contributed by atoms with Crippen molar-refractivity contribution in [1.82, 2.24) is 0 Å². The van der Waals surface area contributed by atoms with E-state index in [1.54, 1.807) is 6.07 Å². The summed E-state index contributed by atoms with van der Waals surface area (Å²) in [5.74, 6) is 0.870. The molecule has 0 bridgehead atoms. The van der Waals surface area contributed by atoms with Crippen molar-refractivity contribution in [2.45, 2.75) is 6.10 Å². The Morgan fingerprint density at radius 1 is 1.53 bits per heavy atom. The van der Waals surface area contributed by atoms with Gasteiger partial charge in [0.2, 0.25) is 11.5 Å². The monoisotopic (exact) mass is 253 g/mol. The molecule has 6 nitrogen and oxygen atoms in total. The summed E-state index contributed by atoms with van der Waals surface area (Å²) in [5.41, 5.74) is 7.12. The predicted molar refractivity (Wildman–Crippen MR) is 64.2 cm³/mol. The van der Waals surface area contributed by atoms with Gasteiger partial charge in [0.25, 0.3) is 0 Å². The summed E-state index contributed by atoms with van der Waals surface area (Å²) in [6.45, 7) is 1.17. The van der Waals surface area contributed by atoms with Crippen molar-refractivity contribution in [2.24, 2.45) is 10.1 Å². The second-order valence-electron chi connectivity index (χ2n) is 3.78. The molecule has 0 saturated carbocycles. The van der Waals surface area contributed by atoms with Crippen LogP contribution in [0.2, 0.25) is 0 Å². The highest BCUT2D eigenvalue weighted by molar-refractivity contribution is 7.91. The first kappa shape index (κ1) is 10.7. The average molecular weight is 253 g/mol. The first-order valence-electron chi connectivity index (χ1n) is 5.14. The van der Waals surface area contributed by atoms with Gasteiger partial charge in [-0.15, -0.1) is 0 Å². The lowest BCUT2D eigenvalue weighted by atomic mass is 10.1. The van der Waals surface area contributed by atoms with Crippen LogP contribution in [0.3, 0.4) is 0 Å². The number of nitrogens with zero attached hydrogens (tertiary/aromatic N) is 1. The Labute approximate surface area is 101 Å². The van der Waals surface area contributed by atoms with Crippen LogP contribution in [-0.4, -0.2) is 29.7 Å². The molecule has 90 valence electrons. The van der Waals surface area contributed by atoms with E-state index in [1.165, 1.54) is 0 Å². The van der Waals surface area contributed by atoms with Gasteiger partial charge < -0.3 is 19.8 Å². The van der Waals surface area contributed by atoms with Crippen molar-refractivity contribution in [1.29, 1.82) is 0 Å². The molecule has 1 fully saturated rings. The van der Waals surface area contributed by atoms with Gasteiger partial charge in [0.15, 0.2) is 5.84 Å². The third-order valence-corrected chi connectivity index (χ3v) is 3.32. The van der Waals surface area contributed by atoms with Gasteiger partial charge in [0.05, 0.1) is 24.5 Å². The van der Waals surface area contributed by atoms with E-state index in [-0.39, 0.29) is 11.9 Å². The van der Waals surface area contributed by atoms with Gasteiger partial charge in [-0.05, 0) is 16.5 Å². The number of rotatable bonds is 2. The largest absolute Gasteiger partial charge is 0.566 e. The number of fused-ring (bicyclic) bond motifs is 1. The molecule has 0 amide bonds. The molecule has 3 N–H and O–H groups in total. The van der Waals surface area contributed by atoms with Gasteiger partial charge in [-0.2, -0.15) is 4.72 Å². The fourth-order valence-electron chi connectivity index (χ4n) is 1.69. The van der Waals surface area contributed by atoms with Crippen molar-refractivity contribution in [3.63, 3.8) is 0 Å². The summed E-state index contributed by atoms with van der Waals surface area (Å²) >= 11 is -1.51. The van der Waals surface area contributed by atoms with Crippen LogP contribution >= 0.6 is 0 Å². The van der Waals surface area contributed by atoms with Crippen LogP contribution < -0.4 is 15.2 Å². The molecule has 3 rings (SSSR count). The van der Waals surface area contributed by atoms with Gasteiger partial charge in [0.1, 0.15) is 11.9 Å². The number of benzene rings is 1. The number of hydrogen-bond donors (Lipinski definition) is 2. The third kappa shape index (κ3) is 1.92. The molecule has 1 saturated heterocycles. The van der Waals surface area contributed by atoms with E-state index >= 15 is 0 Å². The van der Waals surface area contributed by atoms with Gasteiger partial charge in [-0.1, -0.05) is 6.07 Å². The SMILES string of the molecule is NC1=N[S+]([O-])Nc2cccc(OC3COC3)c21. The maximum Gasteiger partial charge on any atom is 0.222 e. The molecule has 1 atom stereocenters. The first-order chi connectivity index (χ1) is 8.24. The molecule has 1 aromatic carbocycles. The second-order valence-corrected chi connectivity index (χ2v) is 4.67. The fraction of sp³-hybridized carbons (Fsp3) is 0.300. The van der Waals surface area contributed by atoms with Crippen LogP contribution in [0, 0.1) is 0 Å². The minimum absolute atomic E-state index is 0.0572. The molecule has 1 unspecified atom stereocenters. The Morgan fingerprint density at radius 3 is 3.06 bits per heavy atom. The zero-order valence-electron chi connectivity index (χ0n) is 8.88. The van der Waals surface area contributed by atoms with Crippen molar-refractivity contribution < 1.29 is 14.0 Å². The van der Waals surface area contributed by atoms with Gasteiger partial charge >= 0.3 is 0 Å². The highest BCUT2D eigenvalue weighted by Crippen LogP contribution is 2.31. The molecule has 2 aliphatic heterocycles. The summed E-state index contributed by atoms with van der Waals surface area (Å²) in [4.78, 5) is 0. The molecule has 17 heavy (non-hydrogen) atoms. The molecule has 7 heteroatoms. The predicted octanol–water partition coefficient (Wildman–Crippen LogP) is 0.174. The molecule has 0 aromatic heterocycles. The van der Waals surface area contributed by atoms with E-state index < -0.39 is 11.5 Å². The highest BCUT2D eigenvalue weighted by atomic mass is 32.2. The van der Waals surface area contributed by atoms with Crippen molar-refractivity contribution in [2.75, 3.05) is 17.9 Å². The normalized spacial score (nSPS) is 23.1. The van der Waals surface area contributed by atoms with E-state index in [2.05, 4.69) is 9.12 Å². The lowest BCUT2D eigenvalue weighted by Gasteiger charge is -2.28. The van der Waals surface area contributed by atoms with Crippen LogP contribution in [0.25, 0.3) is 0 Å². The summed E-state index contributed by atoms with van der Waals surface area (Å²) < 4.78 is 28.6. The van der Waals surface area contributed by atoms with Crippen LogP contribution in [0.1, 0.15) is 5.56 Å². The Hall–Kier alpha value is -1.44. The minimum atomic E-state index is -1.51. The van der Waals surface area contributed by atoms with E-state index in [1.807, 2.05) is 12.1 Å². The number of ether oxygens (including phenoxy) is 2. The van der Waals surface area contributed by atoms with Crippen molar-refractivity contribution >= 4 is 23.1 Å². The van der Waals surface area contributed by atoms with Crippen LogP contribution in [0.4, 0.5) is 5.69 Å². The minimum Gasteiger partial charge on any atom is -0.566 e. The molecule has 0 aliphatic carbocycles. The lowest BCUT2D eigenvalue weighted by Crippen LogP contribution is -2.39. The number of hydrogen-bond acceptors (Lipinski definition) is 6. The fourth-order valence-corrected chi connectivity index (χ4v) is 2.37. The van der Waals surface area contributed by atoms with E-state index in [4.69, 9.17) is 15.2 Å². The van der Waals surface area contributed by atoms with E-state index in [9.17, 15) is 4.55 Å². The first-order valence-corrected chi connectivity index (χ1v) is 6.25. The summed E-state index contributed by atoms with van der Waals surface area (Å²) in [6.07, 6.45) is 0.0572. The molecule has 2 heterocycles. The molecular formula is C10H11N3O3S. The second kappa shape index (κ2) is 4.10. The standard InChI is InChI=1S/C10H11N3O3S/c11-10-9-7(12-17(14)13-10)2-1-3-8(9)16-6-4-15-5-6/h1-3,6,12H,4-5H2,(H2,11,13). The average Bonchev–Trinajstić information content (AvgIpc) is 2.22. The smallest absolute Gasteiger partial charge is 0.222 e. The Balaban J connectivity index is 1.96. The lowest BCUT2D eigenvalue weighted by molar-refractivity contribution is -0.0797. The molecule has 1 aromatic rings. The third-order valence-electron chi connectivity index (χ3n) is 2.56. The van der Waals surface area contributed by atoms with Crippen molar-refractivity contribution in [3.05, 3.63) is 23.8 Å². The van der Waals surface area contributed by atoms with E-state index in [0.29, 0.717) is 30.2 Å². The maximum absolute atomic E-state index is 11.3. The molecule has 2 aliphatic rings. The van der Waals surface area contributed by atoms with Crippen LogP contribution in [0.15, 0.2) is 22.6 Å².